The van der Waals surface area contributed by atoms with E-state index in [4.69, 9.17) is 18.8 Å². The van der Waals surface area contributed by atoms with Gasteiger partial charge in [0.15, 0.2) is 0 Å². The predicted octanol–water partition coefficient (Wildman–Crippen LogP) is -2.95. The van der Waals surface area contributed by atoms with E-state index >= 15 is 0 Å². The molecule has 6 heteroatoms. The van der Waals surface area contributed by atoms with E-state index in [1.165, 1.54) is 0 Å². The molecule has 0 heterocycles. The molecule has 0 unspecified atom stereocenters. The molecule has 0 aromatic rings. The first kappa shape index (κ1) is 15.7. The van der Waals surface area contributed by atoms with E-state index in [1.807, 2.05) is 15.9 Å². The van der Waals surface area contributed by atoms with E-state index in [-0.39, 0.29) is 37.7 Å². The summed E-state index contributed by atoms with van der Waals surface area (Å²) in [6.07, 6.45) is -2.33. The minimum atomic E-state index is -2.33. The summed E-state index contributed by atoms with van der Waals surface area (Å²) < 4.78 is 8.00. The fraction of sp³-hybridized carbons (Fsp3) is 0. The van der Waals surface area contributed by atoms with Gasteiger partial charge in [-0.25, -0.2) is 0 Å². The minimum absolute atomic E-state index is 0. The zero-order valence-corrected chi connectivity index (χ0v) is 6.51. The van der Waals surface area contributed by atoms with Crippen LogP contribution in [0.2, 0.25) is 0 Å². The third-order valence-corrected chi connectivity index (χ3v) is 0. The topological polar surface area (TPSA) is 80.3 Å². The molecule has 0 aromatic heterocycles. The van der Waals surface area contributed by atoms with Gasteiger partial charge in [0.2, 0.25) is 0 Å². The second-order valence-electron chi connectivity index (χ2n) is 0.250. The normalized spacial score (nSPS) is 4.14. The van der Waals surface area contributed by atoms with Gasteiger partial charge in [-0.2, -0.15) is 0 Å². The first-order chi connectivity index (χ1) is 2.73. The molecule has 38 valence electrons. The summed E-state index contributed by atoms with van der Waals surface area (Å²) in [5, 5.41) is 16.7. The van der Waals surface area contributed by atoms with Gasteiger partial charge >= 0.3 is 57.5 Å². The van der Waals surface area contributed by atoms with Crippen LogP contribution in [0.15, 0.2) is 0 Å². The molecule has 0 aliphatic rings. The third-order valence-electron chi connectivity index (χ3n) is 0. The van der Waals surface area contributed by atoms with E-state index in [1.54, 1.807) is 0 Å². The van der Waals surface area contributed by atoms with E-state index in [0.29, 0.717) is 0 Å². The number of carbonyl (C=O) groups excluding carboxylic acids is 1. The molecule has 0 radical (unpaired) electrons. The zero-order chi connectivity index (χ0) is 5.58. The number of rotatable bonds is 0. The van der Waals surface area contributed by atoms with Crippen LogP contribution in [-0.2, 0) is 19.8 Å². The van der Waals surface area contributed by atoms with Crippen LogP contribution in [0.5, 0.6) is 0 Å². The Bertz CT molecular complexity index is 43.0. The first-order valence-electron chi connectivity index (χ1n) is 0.757. The fourth-order valence-electron chi connectivity index (χ4n) is 0. The number of hydrogen-bond acceptors (Lipinski definition) is 4. The molecular formula is CCaFeO4. The van der Waals surface area contributed by atoms with E-state index in [0.717, 1.165) is 0 Å². The molecule has 0 rings (SSSR count). The SMILES string of the molecule is O=C([O-])[O-].[Ca+2].[O]=[Fe]. The van der Waals surface area contributed by atoms with Gasteiger partial charge in [-0.15, -0.1) is 0 Å². The van der Waals surface area contributed by atoms with Crippen molar-refractivity contribution < 1.29 is 34.8 Å². The second kappa shape index (κ2) is 15.8. The van der Waals surface area contributed by atoms with Crippen LogP contribution in [0.3, 0.4) is 0 Å². The summed E-state index contributed by atoms with van der Waals surface area (Å²) in [4.78, 5) is 8.33. The van der Waals surface area contributed by atoms with E-state index in [9.17, 15) is 0 Å². The molecule has 4 nitrogen and oxygen atoms in total. The van der Waals surface area contributed by atoms with Crippen LogP contribution < -0.4 is 10.2 Å². The fourth-order valence-corrected chi connectivity index (χ4v) is 0. The maximum atomic E-state index is 8.33. The Labute approximate surface area is 77.9 Å². The van der Waals surface area contributed by atoms with Crippen LogP contribution >= 0.6 is 0 Å². The van der Waals surface area contributed by atoms with E-state index in [2.05, 4.69) is 0 Å². The Balaban J connectivity index is -0.0000000480. The van der Waals surface area contributed by atoms with Crippen LogP contribution in [0.4, 0.5) is 4.79 Å². The van der Waals surface area contributed by atoms with Crippen molar-refractivity contribution in [3.63, 3.8) is 0 Å². The predicted molar refractivity (Wildman–Crippen MR) is 11.8 cm³/mol. The van der Waals surface area contributed by atoms with Gasteiger partial charge in [-0.3, -0.25) is 0 Å². The molecule has 0 saturated heterocycles. The van der Waals surface area contributed by atoms with Gasteiger partial charge in [0, 0.05) is 0 Å². The van der Waals surface area contributed by atoms with Gasteiger partial charge in [0.25, 0.3) is 0 Å². The van der Waals surface area contributed by atoms with Crippen molar-refractivity contribution in [2.45, 2.75) is 0 Å². The summed E-state index contributed by atoms with van der Waals surface area (Å²) in [5.41, 5.74) is 0. The number of hydrogen-bond donors (Lipinski definition) is 0. The van der Waals surface area contributed by atoms with Crippen molar-refractivity contribution in [3.05, 3.63) is 0 Å². The first-order valence-corrected chi connectivity index (χ1v) is 1.21. The Hall–Kier alpha value is 0.849. The zero-order valence-electron chi connectivity index (χ0n) is 3.19. The van der Waals surface area contributed by atoms with Crippen molar-refractivity contribution in [1.29, 1.82) is 0 Å². The molecule has 0 bridgehead atoms. The molecule has 0 amide bonds. The number of carbonyl (C=O) groups is 1. The summed E-state index contributed by atoms with van der Waals surface area (Å²) in [7, 11) is 0. The molecule has 0 aromatic carbocycles. The van der Waals surface area contributed by atoms with Crippen molar-refractivity contribution in [2.24, 2.45) is 0 Å². The standard InChI is InChI=1S/CH2O3.Ca.Fe.O/c2-1(3)4;;;/h(H2,2,3,4);;;/q;+2;;/p-2. The average molecular weight is 172 g/mol. The quantitative estimate of drug-likeness (QED) is 0.366. The Kier molecular flexibility index (Phi) is 35.4. The summed E-state index contributed by atoms with van der Waals surface area (Å²) in [6, 6.07) is 0. The van der Waals surface area contributed by atoms with Gasteiger partial charge in [0.1, 0.15) is 0 Å². The summed E-state index contributed by atoms with van der Waals surface area (Å²) in [6.45, 7) is 0. The average Bonchev–Trinajstić information content (AvgIpc) is 1.41. The van der Waals surface area contributed by atoms with Crippen LogP contribution in [-0.4, -0.2) is 43.9 Å². The van der Waals surface area contributed by atoms with Crippen molar-refractivity contribution in [2.75, 3.05) is 0 Å². The molecule has 0 aliphatic carbocycles. The maximum absolute atomic E-state index is 8.33. The van der Waals surface area contributed by atoms with Crippen molar-refractivity contribution >= 4 is 43.9 Å². The van der Waals surface area contributed by atoms with Gasteiger partial charge < -0.3 is 15.0 Å². The molecule has 0 fully saturated rings. The molecule has 0 spiro atoms. The van der Waals surface area contributed by atoms with Crippen molar-refractivity contribution in [1.82, 2.24) is 0 Å². The Morgan fingerprint density at radius 1 is 1.29 bits per heavy atom. The molecule has 0 aliphatic heterocycles. The number of carboxylic acid groups (broad SMARTS) is 2. The van der Waals surface area contributed by atoms with E-state index < -0.39 is 6.16 Å². The molecule has 0 atom stereocenters. The van der Waals surface area contributed by atoms with Gasteiger partial charge in [-0.05, 0) is 6.16 Å². The van der Waals surface area contributed by atoms with Crippen LogP contribution in [0, 0.1) is 0 Å². The molecule has 0 saturated carbocycles. The van der Waals surface area contributed by atoms with Gasteiger partial charge in [-0.1, -0.05) is 0 Å². The monoisotopic (exact) mass is 172 g/mol. The van der Waals surface area contributed by atoms with Crippen LogP contribution in [0.1, 0.15) is 0 Å². The second-order valence-corrected chi connectivity index (χ2v) is 0.250. The Morgan fingerprint density at radius 2 is 1.29 bits per heavy atom. The van der Waals surface area contributed by atoms with Crippen molar-refractivity contribution in [3.8, 4) is 0 Å². The van der Waals surface area contributed by atoms with Crippen LogP contribution in [0.25, 0.3) is 0 Å². The summed E-state index contributed by atoms with van der Waals surface area (Å²) in [5.74, 6) is 0. The van der Waals surface area contributed by atoms with Gasteiger partial charge in [0.05, 0.1) is 0 Å². The molecular weight excluding hydrogens is 172 g/mol. The molecule has 0 N–H and O–H groups in total. The third kappa shape index (κ3) is 223. The molecule has 7 heavy (non-hydrogen) atoms. The Morgan fingerprint density at radius 3 is 1.29 bits per heavy atom. The summed E-state index contributed by atoms with van der Waals surface area (Å²) >= 11 is 2.00.